The minimum absolute atomic E-state index is 0.0813. The Labute approximate surface area is 127 Å². The Morgan fingerprint density at radius 1 is 1.14 bits per heavy atom. The van der Waals surface area contributed by atoms with E-state index in [4.69, 9.17) is 0 Å². The fraction of sp³-hybridized carbons (Fsp3) is 0.867. The SMILES string of the molecule is CN1CCN(C(=O)NC(C)(C)C(C)(C)C(=O)O)CC1(C)C. The van der Waals surface area contributed by atoms with E-state index in [1.807, 2.05) is 7.05 Å². The first kappa shape index (κ1) is 17.8. The minimum Gasteiger partial charge on any atom is -0.481 e. The summed E-state index contributed by atoms with van der Waals surface area (Å²) in [5.74, 6) is -0.925. The second kappa shape index (κ2) is 5.48. The quantitative estimate of drug-likeness (QED) is 0.830. The Morgan fingerprint density at radius 2 is 1.67 bits per heavy atom. The number of carboxylic acids is 1. The summed E-state index contributed by atoms with van der Waals surface area (Å²) in [6.07, 6.45) is 0. The van der Waals surface area contributed by atoms with Gasteiger partial charge in [-0.05, 0) is 48.6 Å². The van der Waals surface area contributed by atoms with E-state index in [0.717, 1.165) is 6.54 Å². The van der Waals surface area contributed by atoms with E-state index in [-0.39, 0.29) is 11.6 Å². The van der Waals surface area contributed by atoms with Crippen LogP contribution < -0.4 is 5.32 Å². The van der Waals surface area contributed by atoms with Crippen LogP contribution in [0.2, 0.25) is 0 Å². The smallest absolute Gasteiger partial charge is 0.317 e. The van der Waals surface area contributed by atoms with Gasteiger partial charge in [-0.25, -0.2) is 4.79 Å². The second-order valence-electron chi connectivity index (χ2n) is 7.64. The van der Waals surface area contributed by atoms with Crippen LogP contribution >= 0.6 is 0 Å². The van der Waals surface area contributed by atoms with Crippen molar-refractivity contribution < 1.29 is 14.7 Å². The molecule has 1 rings (SSSR count). The highest BCUT2D eigenvalue weighted by Gasteiger charge is 2.45. The summed E-state index contributed by atoms with van der Waals surface area (Å²) in [6, 6.07) is -0.199. The van der Waals surface area contributed by atoms with Crippen molar-refractivity contribution in [1.82, 2.24) is 15.1 Å². The summed E-state index contributed by atoms with van der Waals surface area (Å²) in [5.41, 5.74) is -1.98. The number of urea groups is 1. The first-order chi connectivity index (χ1) is 9.31. The van der Waals surface area contributed by atoms with Crippen LogP contribution in [0.1, 0.15) is 41.5 Å². The number of amides is 2. The molecule has 6 heteroatoms. The van der Waals surface area contributed by atoms with E-state index in [1.165, 1.54) is 0 Å². The molecule has 0 aromatic carbocycles. The molecular weight excluding hydrogens is 270 g/mol. The van der Waals surface area contributed by atoms with Gasteiger partial charge in [0.2, 0.25) is 0 Å². The van der Waals surface area contributed by atoms with Crippen LogP contribution in [0.15, 0.2) is 0 Å². The molecule has 0 aromatic rings. The van der Waals surface area contributed by atoms with Crippen LogP contribution in [0.5, 0.6) is 0 Å². The summed E-state index contributed by atoms with van der Waals surface area (Å²) < 4.78 is 0. The highest BCUT2D eigenvalue weighted by molar-refractivity contribution is 5.79. The van der Waals surface area contributed by atoms with Crippen LogP contribution in [0, 0.1) is 5.41 Å². The maximum atomic E-state index is 12.5. The Morgan fingerprint density at radius 3 is 2.10 bits per heavy atom. The first-order valence-corrected chi connectivity index (χ1v) is 7.33. The molecular formula is C15H29N3O3. The van der Waals surface area contributed by atoms with Crippen LogP contribution in [-0.4, -0.2) is 64.7 Å². The zero-order chi connectivity index (χ0) is 16.6. The van der Waals surface area contributed by atoms with Crippen molar-refractivity contribution in [2.24, 2.45) is 5.41 Å². The van der Waals surface area contributed by atoms with Crippen molar-refractivity contribution in [1.29, 1.82) is 0 Å². The molecule has 6 nitrogen and oxygen atoms in total. The predicted octanol–water partition coefficient (Wildman–Crippen LogP) is 1.61. The van der Waals surface area contributed by atoms with E-state index >= 15 is 0 Å². The fourth-order valence-corrected chi connectivity index (χ4v) is 2.18. The van der Waals surface area contributed by atoms with Gasteiger partial charge in [0.05, 0.1) is 11.0 Å². The number of carboxylic acid groups (broad SMARTS) is 1. The van der Waals surface area contributed by atoms with Crippen LogP contribution in [-0.2, 0) is 4.79 Å². The summed E-state index contributed by atoms with van der Waals surface area (Å²) >= 11 is 0. The van der Waals surface area contributed by atoms with Gasteiger partial charge >= 0.3 is 12.0 Å². The van der Waals surface area contributed by atoms with E-state index in [2.05, 4.69) is 24.1 Å². The van der Waals surface area contributed by atoms with E-state index in [0.29, 0.717) is 13.1 Å². The van der Waals surface area contributed by atoms with E-state index in [1.54, 1.807) is 32.6 Å². The predicted molar refractivity (Wildman–Crippen MR) is 82.3 cm³/mol. The molecule has 1 heterocycles. The highest BCUT2D eigenvalue weighted by Crippen LogP contribution is 2.31. The van der Waals surface area contributed by atoms with Gasteiger partial charge in [-0.2, -0.15) is 0 Å². The van der Waals surface area contributed by atoms with Gasteiger partial charge in [0.25, 0.3) is 0 Å². The molecule has 0 bridgehead atoms. The van der Waals surface area contributed by atoms with Gasteiger partial charge in [0.15, 0.2) is 0 Å². The van der Waals surface area contributed by atoms with Crippen molar-refractivity contribution in [3.05, 3.63) is 0 Å². The number of hydrogen-bond acceptors (Lipinski definition) is 3. The number of carbonyl (C=O) groups is 2. The van der Waals surface area contributed by atoms with E-state index < -0.39 is 16.9 Å². The average molecular weight is 299 g/mol. The fourth-order valence-electron chi connectivity index (χ4n) is 2.18. The number of nitrogens with one attached hydrogen (secondary N) is 1. The number of hydrogen-bond donors (Lipinski definition) is 2. The lowest BCUT2D eigenvalue weighted by atomic mass is 9.74. The largest absolute Gasteiger partial charge is 0.481 e. The lowest BCUT2D eigenvalue weighted by molar-refractivity contribution is -0.150. The number of nitrogens with zero attached hydrogens (tertiary/aromatic N) is 2. The summed E-state index contributed by atoms with van der Waals surface area (Å²) in [7, 11) is 2.05. The van der Waals surface area contributed by atoms with Crippen LogP contribution in [0.4, 0.5) is 4.79 Å². The molecule has 0 spiro atoms. The molecule has 1 aliphatic heterocycles. The van der Waals surface area contributed by atoms with Gasteiger partial charge < -0.3 is 15.3 Å². The van der Waals surface area contributed by atoms with Crippen LogP contribution in [0.3, 0.4) is 0 Å². The molecule has 122 valence electrons. The lowest BCUT2D eigenvalue weighted by Crippen LogP contribution is -2.64. The third-order valence-corrected chi connectivity index (χ3v) is 5.12. The minimum atomic E-state index is -1.05. The van der Waals surface area contributed by atoms with Crippen molar-refractivity contribution in [3.8, 4) is 0 Å². The van der Waals surface area contributed by atoms with Gasteiger partial charge in [0.1, 0.15) is 0 Å². The highest BCUT2D eigenvalue weighted by atomic mass is 16.4. The van der Waals surface area contributed by atoms with Gasteiger partial charge in [-0.15, -0.1) is 0 Å². The van der Waals surface area contributed by atoms with Gasteiger partial charge in [0, 0.05) is 25.2 Å². The summed E-state index contributed by atoms with van der Waals surface area (Å²) in [6.45, 7) is 13.0. The van der Waals surface area contributed by atoms with Crippen molar-refractivity contribution in [2.75, 3.05) is 26.7 Å². The van der Waals surface area contributed by atoms with Gasteiger partial charge in [-0.1, -0.05) is 0 Å². The topological polar surface area (TPSA) is 72.9 Å². The molecule has 1 saturated heterocycles. The molecule has 1 fully saturated rings. The Kier molecular flexibility index (Phi) is 4.63. The molecule has 0 aliphatic carbocycles. The van der Waals surface area contributed by atoms with Crippen molar-refractivity contribution >= 4 is 12.0 Å². The summed E-state index contributed by atoms with van der Waals surface area (Å²) in [4.78, 5) is 27.9. The monoisotopic (exact) mass is 299 g/mol. The molecule has 21 heavy (non-hydrogen) atoms. The first-order valence-electron chi connectivity index (χ1n) is 7.33. The Bertz CT molecular complexity index is 430. The van der Waals surface area contributed by atoms with Crippen molar-refractivity contribution in [2.45, 2.75) is 52.6 Å². The molecule has 1 aliphatic rings. The van der Waals surface area contributed by atoms with Crippen LogP contribution in [0.25, 0.3) is 0 Å². The Hall–Kier alpha value is -1.30. The molecule has 0 aromatic heterocycles. The van der Waals surface area contributed by atoms with E-state index in [9.17, 15) is 14.7 Å². The maximum absolute atomic E-state index is 12.5. The third-order valence-electron chi connectivity index (χ3n) is 5.12. The molecule has 2 N–H and O–H groups in total. The number of carbonyl (C=O) groups excluding carboxylic acids is 1. The average Bonchev–Trinajstić information content (AvgIpc) is 2.31. The molecule has 2 amide bonds. The number of rotatable bonds is 3. The lowest BCUT2D eigenvalue weighted by Gasteiger charge is -2.47. The zero-order valence-electron chi connectivity index (χ0n) is 14.3. The standard InChI is InChI=1S/C15H29N3O3/c1-13(2)10-18(9-8-17(13)7)12(21)16-15(5,6)14(3,4)11(19)20/h8-10H2,1-7H3,(H,16,21)(H,19,20). The zero-order valence-corrected chi connectivity index (χ0v) is 14.3. The normalized spacial score (nSPS) is 20.2. The molecule has 0 atom stereocenters. The third kappa shape index (κ3) is 3.48. The Balaban J connectivity index is 2.80. The molecule has 0 radical (unpaired) electrons. The molecule has 0 unspecified atom stereocenters. The van der Waals surface area contributed by atoms with Gasteiger partial charge in [-0.3, -0.25) is 9.69 Å². The number of aliphatic carboxylic acids is 1. The number of piperazine rings is 1. The van der Waals surface area contributed by atoms with Crippen molar-refractivity contribution in [3.63, 3.8) is 0 Å². The summed E-state index contributed by atoms with van der Waals surface area (Å²) in [5, 5.41) is 12.2. The maximum Gasteiger partial charge on any atom is 0.317 e. The second-order valence-corrected chi connectivity index (χ2v) is 7.64. The molecule has 0 saturated carbocycles. The number of likely N-dealkylation sites (N-methyl/N-ethyl adjacent to an activating group) is 1.